The minimum Gasteiger partial charge on any atom is -0.459 e. The molecule has 9 heteroatoms. The van der Waals surface area contributed by atoms with E-state index in [1.165, 1.54) is 27.6 Å². The second-order valence-electron chi connectivity index (χ2n) is 7.63. The average molecular weight is 444 g/mol. The van der Waals surface area contributed by atoms with Crippen LogP contribution in [0.2, 0.25) is 4.34 Å². The molecule has 6 nitrogen and oxygen atoms in total. The zero-order valence-corrected chi connectivity index (χ0v) is 19.2. The lowest BCUT2D eigenvalue weighted by Crippen LogP contribution is -2.42. The highest BCUT2D eigenvalue weighted by atomic mass is 35.5. The SMILES string of the molecule is CN(C)CCN(CC(=O)OC(C)(C)C)C(=O)Cc1csc(-c2ccc(Cl)s2)n1. The van der Waals surface area contributed by atoms with Gasteiger partial charge in [-0.15, -0.1) is 22.7 Å². The molecule has 0 unspecified atom stereocenters. The Balaban J connectivity index is 2.04. The average Bonchev–Trinajstić information content (AvgIpc) is 3.18. The molecule has 154 valence electrons. The lowest BCUT2D eigenvalue weighted by atomic mass is 10.2. The van der Waals surface area contributed by atoms with Crippen LogP contribution in [0, 0.1) is 0 Å². The third-order valence-corrected chi connectivity index (χ3v) is 5.87. The molecule has 0 aromatic carbocycles. The maximum absolute atomic E-state index is 12.8. The number of likely N-dealkylation sites (N-methyl/N-ethyl adjacent to an activating group) is 1. The zero-order chi connectivity index (χ0) is 20.9. The summed E-state index contributed by atoms with van der Waals surface area (Å²) < 4.78 is 6.07. The van der Waals surface area contributed by atoms with Crippen LogP contribution in [0.25, 0.3) is 9.88 Å². The molecule has 0 N–H and O–H groups in total. The van der Waals surface area contributed by atoms with Crippen LogP contribution < -0.4 is 0 Å². The number of rotatable bonds is 8. The largest absolute Gasteiger partial charge is 0.459 e. The summed E-state index contributed by atoms with van der Waals surface area (Å²) in [6.45, 7) is 6.47. The van der Waals surface area contributed by atoms with Gasteiger partial charge in [-0.2, -0.15) is 0 Å². The first-order valence-corrected chi connectivity index (χ1v) is 11.0. The lowest BCUT2D eigenvalue weighted by Gasteiger charge is -2.26. The molecular weight excluding hydrogens is 418 g/mol. The van der Waals surface area contributed by atoms with Crippen molar-refractivity contribution in [2.75, 3.05) is 33.7 Å². The molecule has 0 bridgehead atoms. The zero-order valence-electron chi connectivity index (χ0n) is 16.8. The molecule has 1 amide bonds. The van der Waals surface area contributed by atoms with Gasteiger partial charge in [-0.25, -0.2) is 4.98 Å². The highest BCUT2D eigenvalue weighted by molar-refractivity contribution is 7.23. The fraction of sp³-hybridized carbons (Fsp3) is 0.526. The van der Waals surface area contributed by atoms with E-state index in [0.717, 1.165) is 9.88 Å². The summed E-state index contributed by atoms with van der Waals surface area (Å²) >= 11 is 8.92. The van der Waals surface area contributed by atoms with Crippen molar-refractivity contribution in [2.24, 2.45) is 0 Å². The normalized spacial score (nSPS) is 11.7. The monoisotopic (exact) mass is 443 g/mol. The van der Waals surface area contributed by atoms with Crippen molar-refractivity contribution < 1.29 is 14.3 Å². The topological polar surface area (TPSA) is 62.7 Å². The molecule has 2 rings (SSSR count). The summed E-state index contributed by atoms with van der Waals surface area (Å²) in [4.78, 5) is 34.1. The number of thiazole rings is 1. The number of carbonyl (C=O) groups excluding carboxylic acids is 2. The van der Waals surface area contributed by atoms with Crippen molar-refractivity contribution in [3.63, 3.8) is 0 Å². The lowest BCUT2D eigenvalue weighted by molar-refractivity contribution is -0.158. The molecule has 0 fully saturated rings. The van der Waals surface area contributed by atoms with Crippen molar-refractivity contribution in [3.05, 3.63) is 27.5 Å². The first-order valence-electron chi connectivity index (χ1n) is 8.88. The standard InChI is InChI=1S/C19H26ClN3O3S2/c1-19(2,3)26-17(25)11-23(9-8-22(4)5)16(24)10-13-12-27-18(21-13)14-6-7-15(20)28-14/h6-7,12H,8-11H2,1-5H3. The van der Waals surface area contributed by atoms with E-state index in [1.54, 1.807) is 0 Å². The third kappa shape index (κ3) is 7.50. The Morgan fingerprint density at radius 1 is 1.21 bits per heavy atom. The molecule has 2 aromatic heterocycles. The van der Waals surface area contributed by atoms with Crippen molar-refractivity contribution in [3.8, 4) is 9.88 Å². The van der Waals surface area contributed by atoms with Crippen LogP contribution in [0.5, 0.6) is 0 Å². The van der Waals surface area contributed by atoms with E-state index in [0.29, 0.717) is 23.1 Å². The van der Waals surface area contributed by atoms with E-state index in [4.69, 9.17) is 16.3 Å². The highest BCUT2D eigenvalue weighted by Gasteiger charge is 2.23. The van der Waals surface area contributed by atoms with Gasteiger partial charge in [-0.1, -0.05) is 11.6 Å². The van der Waals surface area contributed by atoms with Gasteiger partial charge in [0, 0.05) is 18.5 Å². The number of halogens is 1. The van der Waals surface area contributed by atoms with Gasteiger partial charge in [0.2, 0.25) is 5.91 Å². The summed E-state index contributed by atoms with van der Waals surface area (Å²) in [6.07, 6.45) is 0.145. The van der Waals surface area contributed by atoms with Gasteiger partial charge >= 0.3 is 5.97 Å². The molecule has 0 saturated heterocycles. The molecular formula is C19H26ClN3O3S2. The first-order chi connectivity index (χ1) is 13.0. The number of thiophene rings is 1. The van der Waals surface area contributed by atoms with Gasteiger partial charge < -0.3 is 14.5 Å². The van der Waals surface area contributed by atoms with E-state index in [1.807, 2.05) is 57.3 Å². The maximum atomic E-state index is 12.8. The van der Waals surface area contributed by atoms with Crippen molar-refractivity contribution in [1.29, 1.82) is 0 Å². The van der Waals surface area contributed by atoms with E-state index < -0.39 is 11.6 Å². The van der Waals surface area contributed by atoms with Gasteiger partial charge in [0.15, 0.2) is 0 Å². The van der Waals surface area contributed by atoms with Crippen LogP contribution in [-0.4, -0.2) is 66.0 Å². The van der Waals surface area contributed by atoms with Crippen molar-refractivity contribution in [1.82, 2.24) is 14.8 Å². The van der Waals surface area contributed by atoms with Crippen LogP contribution in [0.1, 0.15) is 26.5 Å². The molecule has 0 spiro atoms. The number of aromatic nitrogens is 1. The van der Waals surface area contributed by atoms with Gasteiger partial charge in [-0.05, 0) is 47.0 Å². The second kappa shape index (κ2) is 9.82. The number of hydrogen-bond acceptors (Lipinski definition) is 7. The first kappa shape index (κ1) is 22.8. The molecule has 0 atom stereocenters. The Labute approximate surface area is 179 Å². The number of carbonyl (C=O) groups is 2. The highest BCUT2D eigenvalue weighted by Crippen LogP contribution is 2.33. The molecule has 0 radical (unpaired) electrons. The molecule has 2 heterocycles. The van der Waals surface area contributed by atoms with Crippen LogP contribution >= 0.6 is 34.3 Å². The second-order valence-corrected chi connectivity index (χ2v) is 10.2. The number of amides is 1. The summed E-state index contributed by atoms with van der Waals surface area (Å²) in [5.41, 5.74) is 0.104. The van der Waals surface area contributed by atoms with Crippen molar-refractivity contribution >= 4 is 46.2 Å². The third-order valence-electron chi connectivity index (χ3n) is 3.58. The Bertz CT molecular complexity index is 811. The van der Waals surface area contributed by atoms with E-state index in [-0.39, 0.29) is 18.9 Å². The number of hydrogen-bond donors (Lipinski definition) is 0. The quantitative estimate of drug-likeness (QED) is 0.580. The van der Waals surface area contributed by atoms with E-state index in [9.17, 15) is 9.59 Å². The summed E-state index contributed by atoms with van der Waals surface area (Å²) in [7, 11) is 3.85. The number of ether oxygens (including phenoxy) is 1. The van der Waals surface area contributed by atoms with Gasteiger partial charge in [0.05, 0.1) is 21.3 Å². The van der Waals surface area contributed by atoms with Gasteiger partial charge in [0.25, 0.3) is 0 Å². The fourth-order valence-electron chi connectivity index (χ4n) is 2.34. The van der Waals surface area contributed by atoms with E-state index >= 15 is 0 Å². The predicted octanol–water partition coefficient (Wildman–Crippen LogP) is 3.80. The van der Waals surface area contributed by atoms with Crippen LogP contribution in [-0.2, 0) is 20.7 Å². The number of nitrogens with zero attached hydrogens (tertiary/aromatic N) is 3. The Hall–Kier alpha value is -1.48. The molecule has 0 aliphatic heterocycles. The minimum absolute atomic E-state index is 0.0680. The Morgan fingerprint density at radius 3 is 2.50 bits per heavy atom. The van der Waals surface area contributed by atoms with Gasteiger partial charge in [-0.3, -0.25) is 9.59 Å². The van der Waals surface area contributed by atoms with Crippen LogP contribution in [0.15, 0.2) is 17.5 Å². The maximum Gasteiger partial charge on any atom is 0.326 e. The molecule has 0 saturated carbocycles. The smallest absolute Gasteiger partial charge is 0.326 e. The number of esters is 1. The molecule has 28 heavy (non-hydrogen) atoms. The minimum atomic E-state index is -0.584. The summed E-state index contributed by atoms with van der Waals surface area (Å²) in [6, 6.07) is 3.75. The summed E-state index contributed by atoms with van der Waals surface area (Å²) in [5, 5.41) is 2.71. The molecule has 0 aliphatic rings. The van der Waals surface area contributed by atoms with Crippen LogP contribution in [0.4, 0.5) is 0 Å². The predicted molar refractivity (Wildman–Crippen MR) is 115 cm³/mol. The van der Waals surface area contributed by atoms with Crippen LogP contribution in [0.3, 0.4) is 0 Å². The summed E-state index contributed by atoms with van der Waals surface area (Å²) in [5.74, 6) is -0.555. The Morgan fingerprint density at radius 2 is 1.93 bits per heavy atom. The van der Waals surface area contributed by atoms with Gasteiger partial charge in [0.1, 0.15) is 17.2 Å². The van der Waals surface area contributed by atoms with Crippen molar-refractivity contribution in [2.45, 2.75) is 32.8 Å². The fourth-order valence-corrected chi connectivity index (χ4v) is 4.27. The molecule has 0 aliphatic carbocycles. The Kier molecular flexibility index (Phi) is 8.00. The van der Waals surface area contributed by atoms with E-state index in [2.05, 4.69) is 4.98 Å². The molecule has 2 aromatic rings.